The van der Waals surface area contributed by atoms with E-state index in [1.54, 1.807) is 0 Å². The van der Waals surface area contributed by atoms with E-state index in [9.17, 15) is 16.8 Å². The third kappa shape index (κ3) is 3.83. The lowest BCUT2D eigenvalue weighted by molar-refractivity contribution is -0.124. The fourth-order valence-corrected chi connectivity index (χ4v) is 8.54. The molecule has 6 nitrogen and oxygen atoms in total. The van der Waals surface area contributed by atoms with E-state index in [1.807, 2.05) is 0 Å². The zero-order valence-corrected chi connectivity index (χ0v) is 19.5. The summed E-state index contributed by atoms with van der Waals surface area (Å²) < 4.78 is 60.2. The highest BCUT2D eigenvalue weighted by Gasteiger charge is 2.63. The molecule has 29 heavy (non-hydrogen) atoms. The van der Waals surface area contributed by atoms with E-state index in [1.165, 1.54) is 0 Å². The fourth-order valence-electron chi connectivity index (χ4n) is 7.32. The van der Waals surface area contributed by atoms with Crippen LogP contribution >= 0.6 is 0 Å². The second kappa shape index (κ2) is 7.04. The highest BCUT2D eigenvalue weighted by atomic mass is 32.2. The molecule has 0 bridgehead atoms. The zero-order valence-electron chi connectivity index (χ0n) is 17.9. The highest BCUT2D eigenvalue weighted by molar-refractivity contribution is 7.86. The van der Waals surface area contributed by atoms with E-state index in [2.05, 4.69) is 19.9 Å². The molecule has 166 valence electrons. The molecule has 0 saturated heterocycles. The van der Waals surface area contributed by atoms with Crippen molar-refractivity contribution in [3.63, 3.8) is 0 Å². The minimum Gasteiger partial charge on any atom is -0.263 e. The minimum absolute atomic E-state index is 0.0158. The van der Waals surface area contributed by atoms with Crippen LogP contribution in [0.15, 0.2) is 11.6 Å². The van der Waals surface area contributed by atoms with Gasteiger partial charge in [0, 0.05) is 0 Å². The third-order valence-corrected chi connectivity index (χ3v) is 9.53. The maximum absolute atomic E-state index is 12.3. The number of rotatable bonds is 4. The van der Waals surface area contributed by atoms with Gasteiger partial charge in [-0.3, -0.25) is 8.37 Å². The first kappa shape index (κ1) is 21.8. The van der Waals surface area contributed by atoms with Crippen LogP contribution in [0, 0.1) is 28.6 Å². The monoisotopic (exact) mass is 446 g/mol. The van der Waals surface area contributed by atoms with Gasteiger partial charge in [0.05, 0.1) is 12.5 Å². The van der Waals surface area contributed by atoms with Crippen LogP contribution in [0.4, 0.5) is 0 Å². The molecule has 0 radical (unpaired) electrons. The number of hydrogen-bond donors (Lipinski definition) is 0. The van der Waals surface area contributed by atoms with Gasteiger partial charge in [0.1, 0.15) is 12.2 Å². The summed E-state index contributed by atoms with van der Waals surface area (Å²) in [5.74, 6) is 0.605. The highest BCUT2D eigenvalue weighted by Crippen LogP contribution is 2.66. The Bertz CT molecular complexity index is 907. The van der Waals surface area contributed by atoms with Crippen LogP contribution in [0.1, 0.15) is 65.2 Å². The smallest absolute Gasteiger partial charge is 0.263 e. The van der Waals surface area contributed by atoms with E-state index in [-0.39, 0.29) is 22.7 Å². The summed E-state index contributed by atoms with van der Waals surface area (Å²) in [6, 6.07) is 0. The first-order valence-electron chi connectivity index (χ1n) is 10.8. The molecule has 0 aromatic rings. The summed E-state index contributed by atoms with van der Waals surface area (Å²) in [6.07, 6.45) is 10.9. The summed E-state index contributed by atoms with van der Waals surface area (Å²) in [6.45, 7) is 4.56. The molecule has 0 aliphatic heterocycles. The molecule has 0 amide bonds. The van der Waals surface area contributed by atoms with E-state index in [0.29, 0.717) is 5.92 Å². The van der Waals surface area contributed by atoms with Crippen molar-refractivity contribution in [3.8, 4) is 0 Å². The van der Waals surface area contributed by atoms with Gasteiger partial charge in [-0.15, -0.1) is 0 Å². The van der Waals surface area contributed by atoms with Crippen molar-refractivity contribution in [2.75, 3.05) is 12.5 Å². The summed E-state index contributed by atoms with van der Waals surface area (Å²) in [5.41, 5.74) is 0.938. The molecule has 8 heteroatoms. The topological polar surface area (TPSA) is 86.7 Å². The lowest BCUT2D eigenvalue weighted by atomic mass is 9.46. The van der Waals surface area contributed by atoms with E-state index < -0.39 is 32.4 Å². The first-order chi connectivity index (χ1) is 13.3. The standard InChI is InChI=1S/C21H34O6S2/c1-20-11-7-9-14(20)17-15(10-13-20)21(2)12-6-5-8-16(21)18(26-28(3,22)23)19(17)27-29(4,24)25/h8,14-15,17-19H,5-7,9-13H2,1-4H3/t14-,15+,17-,18?,19?,20-,21+/m0/s1. The summed E-state index contributed by atoms with van der Waals surface area (Å²) >= 11 is 0. The molecule has 3 saturated carbocycles. The molecular formula is C21H34O6S2. The average molecular weight is 447 g/mol. The molecule has 3 fully saturated rings. The number of allylic oxidation sites excluding steroid dienone is 1. The van der Waals surface area contributed by atoms with Gasteiger partial charge in [-0.25, -0.2) is 0 Å². The number of hydrogen-bond acceptors (Lipinski definition) is 6. The van der Waals surface area contributed by atoms with Crippen molar-refractivity contribution in [3.05, 3.63) is 11.6 Å². The Balaban J connectivity index is 1.87. The van der Waals surface area contributed by atoms with Gasteiger partial charge in [0.25, 0.3) is 20.2 Å². The van der Waals surface area contributed by atoms with E-state index in [4.69, 9.17) is 8.37 Å². The van der Waals surface area contributed by atoms with Crippen molar-refractivity contribution in [2.45, 2.75) is 77.4 Å². The van der Waals surface area contributed by atoms with Crippen molar-refractivity contribution in [2.24, 2.45) is 28.6 Å². The van der Waals surface area contributed by atoms with E-state index >= 15 is 0 Å². The van der Waals surface area contributed by atoms with Crippen LogP contribution in [0.5, 0.6) is 0 Å². The summed E-state index contributed by atoms with van der Waals surface area (Å²) in [5, 5.41) is 0. The van der Waals surface area contributed by atoms with Gasteiger partial charge in [-0.2, -0.15) is 16.8 Å². The Morgan fingerprint density at radius 3 is 2.24 bits per heavy atom. The SMILES string of the molecule is C[C@@]12CCC[C@H]1[C@@H]1C(OS(C)(=O)=O)C(OS(C)(=O)=O)C3=CCCC[C@]3(C)[C@@H]1CC2. The minimum atomic E-state index is -3.78. The van der Waals surface area contributed by atoms with Crippen molar-refractivity contribution in [1.82, 2.24) is 0 Å². The molecule has 0 heterocycles. The molecule has 4 aliphatic rings. The largest absolute Gasteiger partial charge is 0.265 e. The van der Waals surface area contributed by atoms with Gasteiger partial charge < -0.3 is 0 Å². The summed E-state index contributed by atoms with van der Waals surface area (Å²) in [4.78, 5) is 0. The molecule has 4 aliphatic carbocycles. The van der Waals surface area contributed by atoms with E-state index in [0.717, 1.165) is 69.5 Å². The maximum atomic E-state index is 12.3. The molecular weight excluding hydrogens is 412 g/mol. The van der Waals surface area contributed by atoms with Crippen molar-refractivity contribution >= 4 is 20.2 Å². The second-order valence-corrected chi connectivity index (χ2v) is 13.5. The van der Waals surface area contributed by atoms with Crippen LogP contribution in [0.3, 0.4) is 0 Å². The quantitative estimate of drug-likeness (QED) is 0.484. The average Bonchev–Trinajstić information content (AvgIpc) is 2.97. The second-order valence-electron chi connectivity index (χ2n) is 10.3. The van der Waals surface area contributed by atoms with Crippen LogP contribution in [0.2, 0.25) is 0 Å². The molecule has 4 rings (SSSR count). The Labute approximate surface area is 175 Å². The third-order valence-electron chi connectivity index (χ3n) is 8.40. The molecule has 0 aromatic heterocycles. The van der Waals surface area contributed by atoms with Gasteiger partial charge in [0.2, 0.25) is 0 Å². The van der Waals surface area contributed by atoms with Gasteiger partial charge in [0.15, 0.2) is 0 Å². The molecule has 7 atom stereocenters. The van der Waals surface area contributed by atoms with Crippen molar-refractivity contribution in [1.29, 1.82) is 0 Å². The zero-order chi connectivity index (χ0) is 21.2. The lowest BCUT2D eigenvalue weighted by Crippen LogP contribution is -2.61. The molecule has 2 unspecified atom stereocenters. The predicted molar refractivity (Wildman–Crippen MR) is 111 cm³/mol. The summed E-state index contributed by atoms with van der Waals surface area (Å²) in [7, 11) is -7.55. The van der Waals surface area contributed by atoms with Crippen LogP contribution in [-0.2, 0) is 28.6 Å². The fraction of sp³-hybridized carbons (Fsp3) is 0.905. The van der Waals surface area contributed by atoms with Crippen molar-refractivity contribution < 1.29 is 25.2 Å². The number of fused-ring (bicyclic) bond motifs is 5. The predicted octanol–water partition coefficient (Wildman–Crippen LogP) is 3.64. The molecule has 0 aromatic carbocycles. The van der Waals surface area contributed by atoms with Gasteiger partial charge in [-0.1, -0.05) is 26.3 Å². The van der Waals surface area contributed by atoms with Crippen LogP contribution in [-0.4, -0.2) is 41.6 Å². The van der Waals surface area contributed by atoms with Gasteiger partial charge >= 0.3 is 0 Å². The Morgan fingerprint density at radius 2 is 1.59 bits per heavy atom. The maximum Gasteiger partial charge on any atom is 0.265 e. The van der Waals surface area contributed by atoms with Gasteiger partial charge in [-0.05, 0) is 79.1 Å². The molecule has 0 spiro atoms. The lowest BCUT2D eigenvalue weighted by Gasteiger charge is -2.61. The normalized spacial score (nSPS) is 45.1. The Morgan fingerprint density at radius 1 is 0.897 bits per heavy atom. The first-order valence-corrected chi connectivity index (χ1v) is 14.4. The molecule has 0 N–H and O–H groups in total. The Hall–Kier alpha value is -0.440. The van der Waals surface area contributed by atoms with Crippen LogP contribution in [0.25, 0.3) is 0 Å². The Kier molecular flexibility index (Phi) is 5.29. The van der Waals surface area contributed by atoms with Crippen LogP contribution < -0.4 is 0 Å².